The lowest BCUT2D eigenvalue weighted by Gasteiger charge is -2.15. The van der Waals surface area contributed by atoms with Crippen molar-refractivity contribution in [3.8, 4) is 0 Å². The zero-order valence-corrected chi connectivity index (χ0v) is 9.86. The predicted octanol–water partition coefficient (Wildman–Crippen LogP) is -0.179. The fourth-order valence-electron chi connectivity index (χ4n) is 1.13. The van der Waals surface area contributed by atoms with E-state index in [4.69, 9.17) is 5.14 Å². The van der Waals surface area contributed by atoms with E-state index in [9.17, 15) is 13.2 Å². The highest BCUT2D eigenvalue weighted by atomic mass is 32.2. The maximum Gasteiger partial charge on any atom is 0.256 e. The van der Waals surface area contributed by atoms with E-state index in [2.05, 4.69) is 4.98 Å². The second-order valence-electron chi connectivity index (χ2n) is 3.22. The summed E-state index contributed by atoms with van der Waals surface area (Å²) >= 11 is 0. The third kappa shape index (κ3) is 2.56. The third-order valence-corrected chi connectivity index (χ3v) is 2.96. The summed E-state index contributed by atoms with van der Waals surface area (Å²) in [5.74, 6) is -0.417. The van der Waals surface area contributed by atoms with E-state index >= 15 is 0 Å². The minimum atomic E-state index is -3.98. The van der Waals surface area contributed by atoms with Gasteiger partial charge in [-0.2, -0.15) is 0 Å². The molecule has 1 rings (SSSR count). The van der Waals surface area contributed by atoms with Crippen molar-refractivity contribution in [2.75, 3.05) is 13.6 Å². The summed E-state index contributed by atoms with van der Waals surface area (Å²) in [6, 6.07) is 2.88. The van der Waals surface area contributed by atoms with Crippen molar-refractivity contribution in [2.24, 2.45) is 5.14 Å². The fraction of sp³-hybridized carbons (Fsp3) is 0.333. The molecule has 88 valence electrons. The molecule has 0 aliphatic heterocycles. The molecule has 0 aliphatic carbocycles. The first-order valence-electron chi connectivity index (χ1n) is 4.61. The quantitative estimate of drug-likeness (QED) is 0.797. The van der Waals surface area contributed by atoms with Gasteiger partial charge in [0.15, 0.2) is 5.03 Å². The number of pyridine rings is 1. The maximum atomic E-state index is 11.8. The van der Waals surface area contributed by atoms with Crippen LogP contribution in [0.2, 0.25) is 0 Å². The molecule has 0 spiro atoms. The summed E-state index contributed by atoms with van der Waals surface area (Å²) < 4.78 is 22.4. The fourth-order valence-corrected chi connectivity index (χ4v) is 1.80. The minimum absolute atomic E-state index is 0.00523. The minimum Gasteiger partial charge on any atom is -0.342 e. The van der Waals surface area contributed by atoms with Crippen LogP contribution < -0.4 is 5.14 Å². The van der Waals surface area contributed by atoms with Crippen LogP contribution in [0.5, 0.6) is 0 Å². The molecule has 0 fully saturated rings. The summed E-state index contributed by atoms with van der Waals surface area (Å²) in [7, 11) is -2.41. The summed E-state index contributed by atoms with van der Waals surface area (Å²) in [6.45, 7) is 2.25. The number of nitrogens with zero attached hydrogens (tertiary/aromatic N) is 2. The zero-order valence-electron chi connectivity index (χ0n) is 9.04. The first-order valence-corrected chi connectivity index (χ1v) is 6.15. The highest BCUT2D eigenvalue weighted by Gasteiger charge is 2.22. The van der Waals surface area contributed by atoms with Crippen LogP contribution >= 0.6 is 0 Å². The molecule has 1 aromatic rings. The van der Waals surface area contributed by atoms with Crippen LogP contribution in [0.15, 0.2) is 23.4 Å². The first kappa shape index (κ1) is 12.6. The van der Waals surface area contributed by atoms with Gasteiger partial charge in [0.2, 0.25) is 0 Å². The van der Waals surface area contributed by atoms with E-state index in [1.165, 1.54) is 23.2 Å². The molecule has 0 aliphatic rings. The Morgan fingerprint density at radius 2 is 2.19 bits per heavy atom. The van der Waals surface area contributed by atoms with Crippen molar-refractivity contribution < 1.29 is 13.2 Å². The van der Waals surface area contributed by atoms with E-state index in [1.807, 2.05) is 0 Å². The standard InChI is InChI=1S/C9H13N3O3S/c1-3-12(2)9(13)7-5-4-6-11-8(7)16(10,14)15/h4-6H,3H2,1-2H3,(H2,10,14,15). The molecule has 2 N–H and O–H groups in total. The molecular formula is C9H13N3O3S. The summed E-state index contributed by atoms with van der Waals surface area (Å²) in [5, 5.41) is 4.59. The number of rotatable bonds is 3. The van der Waals surface area contributed by atoms with Gasteiger partial charge in [-0.05, 0) is 19.1 Å². The van der Waals surface area contributed by atoms with Gasteiger partial charge in [0, 0.05) is 19.8 Å². The molecule has 16 heavy (non-hydrogen) atoms. The zero-order chi connectivity index (χ0) is 12.3. The van der Waals surface area contributed by atoms with Crippen molar-refractivity contribution >= 4 is 15.9 Å². The first-order chi connectivity index (χ1) is 7.38. The van der Waals surface area contributed by atoms with Crippen molar-refractivity contribution in [2.45, 2.75) is 11.9 Å². The molecule has 0 unspecified atom stereocenters. The van der Waals surface area contributed by atoms with Gasteiger partial charge in [-0.25, -0.2) is 18.5 Å². The molecule has 1 amide bonds. The Hall–Kier alpha value is -1.47. The number of primary sulfonamides is 1. The molecule has 0 bridgehead atoms. The molecule has 0 atom stereocenters. The lowest BCUT2D eigenvalue weighted by Crippen LogP contribution is -2.29. The Morgan fingerprint density at radius 3 is 2.69 bits per heavy atom. The van der Waals surface area contributed by atoms with Gasteiger partial charge in [0.25, 0.3) is 15.9 Å². The van der Waals surface area contributed by atoms with Crippen LogP contribution in [-0.2, 0) is 10.0 Å². The summed E-state index contributed by atoms with van der Waals surface area (Å²) in [6.07, 6.45) is 1.28. The van der Waals surface area contributed by atoms with Crippen LogP contribution in [-0.4, -0.2) is 37.8 Å². The Kier molecular flexibility index (Phi) is 3.61. The number of hydrogen-bond acceptors (Lipinski definition) is 4. The van der Waals surface area contributed by atoms with E-state index < -0.39 is 15.9 Å². The third-order valence-electron chi connectivity index (χ3n) is 2.09. The van der Waals surface area contributed by atoms with E-state index in [-0.39, 0.29) is 10.6 Å². The van der Waals surface area contributed by atoms with Gasteiger partial charge < -0.3 is 4.90 Å². The Bertz CT molecular complexity index is 498. The van der Waals surface area contributed by atoms with Gasteiger partial charge in [-0.1, -0.05) is 0 Å². The number of nitrogens with two attached hydrogens (primary N) is 1. The average Bonchev–Trinajstić information content (AvgIpc) is 2.26. The van der Waals surface area contributed by atoms with Crippen LogP contribution in [0.3, 0.4) is 0 Å². The molecule has 7 heteroatoms. The largest absolute Gasteiger partial charge is 0.342 e. The highest BCUT2D eigenvalue weighted by Crippen LogP contribution is 2.12. The molecule has 0 saturated carbocycles. The smallest absolute Gasteiger partial charge is 0.256 e. The number of carbonyl (C=O) groups is 1. The molecule has 1 heterocycles. The van der Waals surface area contributed by atoms with Gasteiger partial charge in [0.05, 0.1) is 5.56 Å². The lowest BCUT2D eigenvalue weighted by atomic mass is 10.2. The van der Waals surface area contributed by atoms with Gasteiger partial charge in [-0.3, -0.25) is 4.79 Å². The van der Waals surface area contributed by atoms with Crippen LogP contribution in [0.1, 0.15) is 17.3 Å². The van der Waals surface area contributed by atoms with E-state index in [0.29, 0.717) is 6.54 Å². The predicted molar refractivity (Wildman–Crippen MR) is 58.2 cm³/mol. The Balaban J connectivity index is 3.30. The molecule has 0 saturated heterocycles. The van der Waals surface area contributed by atoms with Crippen LogP contribution in [0.4, 0.5) is 0 Å². The second-order valence-corrected chi connectivity index (χ2v) is 4.70. The molecule has 0 radical (unpaired) electrons. The van der Waals surface area contributed by atoms with Gasteiger partial charge in [-0.15, -0.1) is 0 Å². The monoisotopic (exact) mass is 243 g/mol. The second kappa shape index (κ2) is 4.58. The van der Waals surface area contributed by atoms with Gasteiger partial charge in [0.1, 0.15) is 0 Å². The number of amides is 1. The van der Waals surface area contributed by atoms with Crippen LogP contribution in [0, 0.1) is 0 Å². The SMILES string of the molecule is CCN(C)C(=O)c1cccnc1S(N)(=O)=O. The summed E-state index contributed by atoms with van der Waals surface area (Å²) in [4.78, 5) is 16.8. The van der Waals surface area contributed by atoms with Crippen molar-refractivity contribution in [1.82, 2.24) is 9.88 Å². The highest BCUT2D eigenvalue weighted by molar-refractivity contribution is 7.89. The molecular weight excluding hydrogens is 230 g/mol. The van der Waals surface area contributed by atoms with Crippen molar-refractivity contribution in [1.29, 1.82) is 0 Å². The average molecular weight is 243 g/mol. The molecule has 1 aromatic heterocycles. The van der Waals surface area contributed by atoms with Gasteiger partial charge >= 0.3 is 0 Å². The lowest BCUT2D eigenvalue weighted by molar-refractivity contribution is 0.0797. The number of aromatic nitrogens is 1. The Labute approximate surface area is 94.1 Å². The van der Waals surface area contributed by atoms with E-state index in [0.717, 1.165) is 0 Å². The molecule has 0 aromatic carbocycles. The van der Waals surface area contributed by atoms with E-state index in [1.54, 1.807) is 14.0 Å². The molecule has 6 nitrogen and oxygen atoms in total. The number of sulfonamides is 1. The normalized spacial score (nSPS) is 11.2. The van der Waals surface area contributed by atoms with Crippen LogP contribution in [0.25, 0.3) is 0 Å². The maximum absolute atomic E-state index is 11.8. The van der Waals surface area contributed by atoms with Crippen molar-refractivity contribution in [3.05, 3.63) is 23.9 Å². The number of carbonyl (C=O) groups excluding carboxylic acids is 1. The topological polar surface area (TPSA) is 93.4 Å². The Morgan fingerprint density at radius 1 is 1.56 bits per heavy atom. The number of hydrogen-bond donors (Lipinski definition) is 1. The van der Waals surface area contributed by atoms with Crippen molar-refractivity contribution in [3.63, 3.8) is 0 Å². The summed E-state index contributed by atoms with van der Waals surface area (Å²) in [5.41, 5.74) is -0.00523.